The van der Waals surface area contributed by atoms with Crippen LogP contribution in [0.4, 0.5) is 4.39 Å². The zero-order valence-corrected chi connectivity index (χ0v) is 20.2. The maximum atomic E-state index is 13.3. The molecule has 0 bridgehead atoms. The standard InChI is InChI=1S/C22H23ClFN7O3.ClH/c1-12-21(28-29-31(12)17-4-5-25-9-18(17)33)13-6-19(22-15(23)8-27-30(22)10-13)34-20(11-32)16-3-2-14(24)7-26-16;/h2-3,6-8,10,17-18,20,25,32-33H,4-5,9,11H2,1H3;1H/t17-,18-,20?;/m1./s1. The van der Waals surface area contributed by atoms with E-state index in [0.717, 1.165) is 24.9 Å². The maximum absolute atomic E-state index is 13.3. The normalized spacial score (nSPS) is 18.9. The molecule has 13 heteroatoms. The van der Waals surface area contributed by atoms with Crippen LogP contribution in [0.2, 0.25) is 5.02 Å². The Hall–Kier alpha value is -2.83. The van der Waals surface area contributed by atoms with Gasteiger partial charge in [0.15, 0.2) is 6.10 Å². The number of fused-ring (bicyclic) bond motifs is 1. The molecule has 186 valence electrons. The minimum absolute atomic E-state index is 0. The zero-order chi connectivity index (χ0) is 23.8. The number of piperidine rings is 1. The molecule has 35 heavy (non-hydrogen) atoms. The molecular weight excluding hydrogens is 500 g/mol. The number of rotatable bonds is 6. The van der Waals surface area contributed by atoms with Gasteiger partial charge < -0.3 is 20.3 Å². The molecule has 3 atom stereocenters. The van der Waals surface area contributed by atoms with Crippen LogP contribution < -0.4 is 10.1 Å². The van der Waals surface area contributed by atoms with Crippen molar-refractivity contribution in [2.24, 2.45) is 0 Å². The third-order valence-corrected chi connectivity index (χ3v) is 6.25. The van der Waals surface area contributed by atoms with Crippen LogP contribution in [0.1, 0.15) is 30.0 Å². The Morgan fingerprint density at radius 1 is 1.34 bits per heavy atom. The lowest BCUT2D eigenvalue weighted by atomic mass is 10.0. The fourth-order valence-electron chi connectivity index (χ4n) is 4.23. The average molecular weight is 524 g/mol. The predicted molar refractivity (Wildman–Crippen MR) is 128 cm³/mol. The number of ether oxygens (including phenoxy) is 1. The van der Waals surface area contributed by atoms with Gasteiger partial charge in [0.05, 0.1) is 47.6 Å². The van der Waals surface area contributed by atoms with Crippen molar-refractivity contribution in [3.8, 4) is 17.0 Å². The largest absolute Gasteiger partial charge is 0.479 e. The molecule has 5 rings (SSSR count). The topological polar surface area (TPSA) is 123 Å². The highest BCUT2D eigenvalue weighted by atomic mass is 35.5. The highest BCUT2D eigenvalue weighted by molar-refractivity contribution is 6.34. The Morgan fingerprint density at radius 3 is 2.89 bits per heavy atom. The van der Waals surface area contributed by atoms with Gasteiger partial charge in [0, 0.05) is 18.3 Å². The molecule has 0 aliphatic carbocycles. The summed E-state index contributed by atoms with van der Waals surface area (Å²) in [6.45, 7) is 2.79. The first-order chi connectivity index (χ1) is 16.5. The molecule has 0 aromatic carbocycles. The summed E-state index contributed by atoms with van der Waals surface area (Å²) < 4.78 is 22.7. The molecule has 1 aliphatic heterocycles. The fourth-order valence-corrected chi connectivity index (χ4v) is 4.45. The summed E-state index contributed by atoms with van der Waals surface area (Å²) in [6.07, 6.45) is 3.63. The second kappa shape index (κ2) is 10.4. The minimum Gasteiger partial charge on any atom is -0.479 e. The van der Waals surface area contributed by atoms with Gasteiger partial charge in [0.1, 0.15) is 22.8 Å². The predicted octanol–water partition coefficient (Wildman–Crippen LogP) is 2.52. The van der Waals surface area contributed by atoms with Crippen molar-refractivity contribution in [3.63, 3.8) is 0 Å². The number of halogens is 3. The Labute approximate surface area is 211 Å². The third kappa shape index (κ3) is 4.82. The molecule has 4 aromatic rings. The molecule has 1 aliphatic rings. The highest BCUT2D eigenvalue weighted by Crippen LogP contribution is 2.35. The third-order valence-electron chi connectivity index (χ3n) is 5.98. The van der Waals surface area contributed by atoms with Crippen molar-refractivity contribution in [3.05, 3.63) is 59.0 Å². The van der Waals surface area contributed by atoms with Crippen molar-refractivity contribution in [2.75, 3.05) is 19.7 Å². The number of β-amino-alcohol motifs (C(OH)–C–C–N with tert-alkyl or cyclic N) is 1. The molecule has 0 saturated carbocycles. The number of nitrogens with zero attached hydrogens (tertiary/aromatic N) is 6. The van der Waals surface area contributed by atoms with Gasteiger partial charge in [-0.25, -0.2) is 13.6 Å². The van der Waals surface area contributed by atoms with Crippen LogP contribution in [-0.2, 0) is 0 Å². The summed E-state index contributed by atoms with van der Waals surface area (Å²) >= 11 is 6.37. The van der Waals surface area contributed by atoms with Crippen molar-refractivity contribution in [2.45, 2.75) is 31.6 Å². The molecule has 1 fully saturated rings. The molecule has 5 heterocycles. The summed E-state index contributed by atoms with van der Waals surface area (Å²) in [4.78, 5) is 4.02. The van der Waals surface area contributed by atoms with E-state index in [-0.39, 0.29) is 25.1 Å². The maximum Gasteiger partial charge on any atom is 0.163 e. The van der Waals surface area contributed by atoms with Gasteiger partial charge in [-0.05, 0) is 38.1 Å². The molecule has 0 amide bonds. The van der Waals surface area contributed by atoms with Crippen LogP contribution in [-0.4, -0.2) is 65.6 Å². The van der Waals surface area contributed by atoms with Gasteiger partial charge in [-0.15, -0.1) is 17.5 Å². The molecule has 0 spiro atoms. The Morgan fingerprint density at radius 2 is 2.17 bits per heavy atom. The summed E-state index contributed by atoms with van der Waals surface area (Å²) in [7, 11) is 0. The van der Waals surface area contributed by atoms with Crippen LogP contribution in [0, 0.1) is 12.7 Å². The molecule has 0 radical (unpaired) electrons. The van der Waals surface area contributed by atoms with Crippen molar-refractivity contribution >= 4 is 29.5 Å². The number of pyridine rings is 2. The molecule has 1 unspecified atom stereocenters. The molecule has 1 saturated heterocycles. The number of aromatic nitrogens is 6. The van der Waals surface area contributed by atoms with Gasteiger partial charge >= 0.3 is 0 Å². The first-order valence-corrected chi connectivity index (χ1v) is 11.2. The van der Waals surface area contributed by atoms with Crippen LogP contribution in [0.15, 0.2) is 36.8 Å². The summed E-state index contributed by atoms with van der Waals surface area (Å²) in [5.41, 5.74) is 2.92. The lowest BCUT2D eigenvalue weighted by Gasteiger charge is -2.28. The highest BCUT2D eigenvalue weighted by Gasteiger charge is 2.28. The van der Waals surface area contributed by atoms with Crippen molar-refractivity contribution < 1.29 is 19.3 Å². The molecule has 3 N–H and O–H groups in total. The van der Waals surface area contributed by atoms with Crippen molar-refractivity contribution in [1.29, 1.82) is 0 Å². The second-order valence-electron chi connectivity index (χ2n) is 8.16. The van der Waals surface area contributed by atoms with E-state index in [1.165, 1.54) is 18.3 Å². The van der Waals surface area contributed by atoms with E-state index < -0.39 is 18.0 Å². The van der Waals surface area contributed by atoms with Crippen LogP contribution in [0.5, 0.6) is 5.75 Å². The molecule has 4 aromatic heterocycles. The fraction of sp³-hybridized carbons (Fsp3) is 0.364. The van der Waals surface area contributed by atoms with Gasteiger partial charge in [-0.1, -0.05) is 16.8 Å². The smallest absolute Gasteiger partial charge is 0.163 e. The number of aliphatic hydroxyl groups excluding tert-OH is 2. The lowest BCUT2D eigenvalue weighted by molar-refractivity contribution is 0.0789. The summed E-state index contributed by atoms with van der Waals surface area (Å²) in [5.74, 6) is -0.137. The Balaban J connectivity index is 0.00000289. The molecular formula is C22H24Cl2FN7O3. The lowest BCUT2D eigenvalue weighted by Crippen LogP contribution is -2.42. The quantitative estimate of drug-likeness (QED) is 0.352. The second-order valence-corrected chi connectivity index (χ2v) is 8.57. The average Bonchev–Trinajstić information content (AvgIpc) is 3.41. The van der Waals surface area contributed by atoms with E-state index in [2.05, 4.69) is 25.7 Å². The monoisotopic (exact) mass is 523 g/mol. The van der Waals surface area contributed by atoms with E-state index in [1.807, 2.05) is 6.92 Å². The number of aliphatic hydroxyl groups is 2. The Bertz CT molecular complexity index is 1310. The zero-order valence-electron chi connectivity index (χ0n) is 18.7. The van der Waals surface area contributed by atoms with Crippen molar-refractivity contribution in [1.82, 2.24) is 34.9 Å². The van der Waals surface area contributed by atoms with Gasteiger partial charge in [0.2, 0.25) is 0 Å². The first-order valence-electron chi connectivity index (χ1n) is 10.8. The van der Waals surface area contributed by atoms with Crippen LogP contribution >= 0.6 is 24.0 Å². The summed E-state index contributed by atoms with van der Waals surface area (Å²) in [5, 5.41) is 36.8. The molecule has 10 nitrogen and oxygen atoms in total. The van der Waals surface area contributed by atoms with E-state index in [9.17, 15) is 14.6 Å². The number of hydrogen-bond acceptors (Lipinski definition) is 8. The van der Waals surface area contributed by atoms with E-state index in [4.69, 9.17) is 16.3 Å². The van der Waals surface area contributed by atoms with Crippen LogP contribution in [0.25, 0.3) is 16.8 Å². The summed E-state index contributed by atoms with van der Waals surface area (Å²) in [6, 6.07) is 4.28. The van der Waals surface area contributed by atoms with Gasteiger partial charge in [-0.2, -0.15) is 5.10 Å². The minimum atomic E-state index is -0.854. The van der Waals surface area contributed by atoms with E-state index >= 15 is 0 Å². The number of hydrogen-bond donors (Lipinski definition) is 3. The Kier molecular flexibility index (Phi) is 7.53. The SMILES string of the molecule is Cc1c(-c2cc(OC(CO)c3ccc(F)cn3)c3c(Cl)cnn3c2)nnn1[C@@H]1CCNC[C@H]1O.Cl. The number of nitrogens with one attached hydrogen (secondary N) is 1. The van der Waals surface area contributed by atoms with Gasteiger partial charge in [-0.3, -0.25) is 4.98 Å². The van der Waals surface area contributed by atoms with Gasteiger partial charge in [0.25, 0.3) is 0 Å². The van der Waals surface area contributed by atoms with E-state index in [0.29, 0.717) is 39.8 Å². The van der Waals surface area contributed by atoms with Crippen LogP contribution in [0.3, 0.4) is 0 Å². The first kappa shape index (κ1) is 25.3. The van der Waals surface area contributed by atoms with E-state index in [1.54, 1.807) is 21.5 Å².